The molecule has 0 bridgehead atoms. The molecule has 1 fully saturated rings. The Kier molecular flexibility index (Phi) is 6.05. The Morgan fingerprint density at radius 3 is 2.40 bits per heavy atom. The van der Waals surface area contributed by atoms with Crippen LogP contribution in [0.1, 0.15) is 26.2 Å². The molecule has 0 aromatic heterocycles. The summed E-state index contributed by atoms with van der Waals surface area (Å²) >= 11 is 0. The van der Waals surface area contributed by atoms with Crippen molar-refractivity contribution in [2.75, 3.05) is 13.6 Å². The molecule has 0 atom stereocenters. The van der Waals surface area contributed by atoms with E-state index in [0.717, 1.165) is 19.3 Å². The second kappa shape index (κ2) is 6.00. The van der Waals surface area contributed by atoms with Crippen molar-refractivity contribution in [1.82, 2.24) is 9.03 Å². The van der Waals surface area contributed by atoms with Gasteiger partial charge < -0.3 is 5.73 Å². The fraction of sp³-hybridized carbons (Fsp3) is 1.00. The van der Waals surface area contributed by atoms with Crippen LogP contribution in [-0.4, -0.2) is 38.4 Å². The van der Waals surface area contributed by atoms with E-state index in [1.807, 2.05) is 6.92 Å². The van der Waals surface area contributed by atoms with E-state index in [2.05, 4.69) is 4.72 Å². The number of nitrogens with two attached hydrogens (primary N) is 1. The third-order valence-electron chi connectivity index (χ3n) is 2.44. The van der Waals surface area contributed by atoms with Crippen LogP contribution in [0.4, 0.5) is 0 Å². The molecule has 0 saturated heterocycles. The Balaban J connectivity index is 0.00000196. The van der Waals surface area contributed by atoms with Crippen molar-refractivity contribution < 1.29 is 8.42 Å². The number of hydrogen-bond acceptors (Lipinski definition) is 3. The normalized spacial score (nSPS) is 25.9. The first-order valence-electron chi connectivity index (χ1n) is 4.95. The van der Waals surface area contributed by atoms with Gasteiger partial charge in [-0.05, 0) is 19.3 Å². The first kappa shape index (κ1) is 15.1. The highest BCUT2D eigenvalue weighted by atomic mass is 35.5. The maximum atomic E-state index is 11.6. The van der Waals surface area contributed by atoms with E-state index in [4.69, 9.17) is 5.73 Å². The minimum atomic E-state index is -3.28. The van der Waals surface area contributed by atoms with Gasteiger partial charge in [-0.25, -0.2) is 0 Å². The third kappa shape index (κ3) is 4.24. The molecule has 1 rings (SSSR count). The minimum absolute atomic E-state index is 0. The SMILES string of the molecule is CCCN(C)S(=O)(=O)NC1CC(N)C1.Cl. The lowest BCUT2D eigenvalue weighted by molar-refractivity contribution is 0.318. The number of nitrogens with zero attached hydrogens (tertiary/aromatic N) is 1. The Labute approximate surface area is 98.0 Å². The van der Waals surface area contributed by atoms with Crippen LogP contribution in [0.5, 0.6) is 0 Å². The van der Waals surface area contributed by atoms with Gasteiger partial charge in [0.15, 0.2) is 0 Å². The van der Waals surface area contributed by atoms with Crippen molar-refractivity contribution in [1.29, 1.82) is 0 Å². The van der Waals surface area contributed by atoms with Gasteiger partial charge in [0.05, 0.1) is 0 Å². The molecule has 1 aliphatic rings. The zero-order valence-electron chi connectivity index (χ0n) is 9.14. The molecule has 5 nitrogen and oxygen atoms in total. The van der Waals surface area contributed by atoms with Crippen LogP contribution in [0.2, 0.25) is 0 Å². The molecule has 0 aliphatic heterocycles. The van der Waals surface area contributed by atoms with E-state index in [-0.39, 0.29) is 24.5 Å². The molecule has 15 heavy (non-hydrogen) atoms. The second-order valence-corrected chi connectivity index (χ2v) is 5.68. The number of hydrogen-bond donors (Lipinski definition) is 2. The summed E-state index contributed by atoms with van der Waals surface area (Å²) in [4.78, 5) is 0. The average Bonchev–Trinajstić information content (AvgIpc) is 2.01. The largest absolute Gasteiger partial charge is 0.328 e. The predicted octanol–water partition coefficient (Wildman–Crippen LogP) is 0.0741. The number of nitrogens with one attached hydrogen (secondary N) is 1. The zero-order valence-corrected chi connectivity index (χ0v) is 10.8. The highest BCUT2D eigenvalue weighted by Gasteiger charge is 2.30. The summed E-state index contributed by atoms with van der Waals surface area (Å²) in [5.41, 5.74) is 5.57. The number of rotatable bonds is 5. The lowest BCUT2D eigenvalue weighted by Crippen LogP contribution is -2.53. The fourth-order valence-corrected chi connectivity index (χ4v) is 2.71. The Hall–Kier alpha value is 0.120. The van der Waals surface area contributed by atoms with Gasteiger partial charge in [0.2, 0.25) is 0 Å². The molecular weight excluding hydrogens is 238 g/mol. The molecule has 0 unspecified atom stereocenters. The van der Waals surface area contributed by atoms with Gasteiger partial charge >= 0.3 is 0 Å². The van der Waals surface area contributed by atoms with Crippen LogP contribution >= 0.6 is 12.4 Å². The van der Waals surface area contributed by atoms with E-state index in [0.29, 0.717) is 6.54 Å². The summed E-state index contributed by atoms with van der Waals surface area (Å²) < 4.78 is 27.2. The van der Waals surface area contributed by atoms with Crippen molar-refractivity contribution in [3.8, 4) is 0 Å². The van der Waals surface area contributed by atoms with Crippen LogP contribution in [0.15, 0.2) is 0 Å². The quantitative estimate of drug-likeness (QED) is 0.732. The van der Waals surface area contributed by atoms with Gasteiger partial charge in [0, 0.05) is 25.7 Å². The smallest absolute Gasteiger partial charge is 0.279 e. The molecule has 7 heteroatoms. The molecule has 1 saturated carbocycles. The topological polar surface area (TPSA) is 75.4 Å². The average molecular weight is 258 g/mol. The molecule has 0 spiro atoms. The summed E-state index contributed by atoms with van der Waals surface area (Å²) in [7, 11) is -1.69. The van der Waals surface area contributed by atoms with Gasteiger partial charge in [0.1, 0.15) is 0 Å². The summed E-state index contributed by atoms with van der Waals surface area (Å²) in [6.07, 6.45) is 2.32. The van der Waals surface area contributed by atoms with Gasteiger partial charge in [-0.2, -0.15) is 17.4 Å². The van der Waals surface area contributed by atoms with Gasteiger partial charge in [0.25, 0.3) is 10.2 Å². The molecule has 92 valence electrons. The Bertz CT molecular complexity index is 278. The number of halogens is 1. The standard InChI is InChI=1S/C8H19N3O2S.ClH/c1-3-4-11(2)14(12,13)10-8-5-7(9)6-8;/h7-8,10H,3-6,9H2,1-2H3;1H. The maximum absolute atomic E-state index is 11.6. The lowest BCUT2D eigenvalue weighted by Gasteiger charge is -2.33. The first-order chi connectivity index (χ1) is 6.45. The lowest BCUT2D eigenvalue weighted by atomic mass is 9.89. The van der Waals surface area contributed by atoms with Gasteiger partial charge in [-0.15, -0.1) is 12.4 Å². The molecule has 1 aliphatic carbocycles. The molecule has 3 N–H and O–H groups in total. The maximum Gasteiger partial charge on any atom is 0.279 e. The van der Waals surface area contributed by atoms with Gasteiger partial charge in [-0.3, -0.25) is 0 Å². The van der Waals surface area contributed by atoms with E-state index >= 15 is 0 Å². The molecule has 0 aromatic carbocycles. The summed E-state index contributed by atoms with van der Waals surface area (Å²) in [5, 5.41) is 0. The molecule has 0 aromatic rings. The highest BCUT2D eigenvalue weighted by Crippen LogP contribution is 2.18. The molecule has 0 heterocycles. The fourth-order valence-electron chi connectivity index (χ4n) is 1.49. The van der Waals surface area contributed by atoms with E-state index in [1.165, 1.54) is 4.31 Å². The molecule has 0 amide bonds. The van der Waals surface area contributed by atoms with E-state index in [9.17, 15) is 8.42 Å². The monoisotopic (exact) mass is 257 g/mol. The molecule has 0 radical (unpaired) electrons. The van der Waals surface area contributed by atoms with Crippen molar-refractivity contribution in [2.45, 2.75) is 38.3 Å². The van der Waals surface area contributed by atoms with Crippen LogP contribution in [0, 0.1) is 0 Å². The third-order valence-corrected chi connectivity index (χ3v) is 4.07. The van der Waals surface area contributed by atoms with Gasteiger partial charge in [-0.1, -0.05) is 6.92 Å². The van der Waals surface area contributed by atoms with Crippen molar-refractivity contribution >= 4 is 22.6 Å². The minimum Gasteiger partial charge on any atom is -0.328 e. The molecular formula is C8H20ClN3O2S. The Morgan fingerprint density at radius 1 is 1.47 bits per heavy atom. The first-order valence-corrected chi connectivity index (χ1v) is 6.39. The summed E-state index contributed by atoms with van der Waals surface area (Å²) in [6, 6.07) is 0.202. The highest BCUT2D eigenvalue weighted by molar-refractivity contribution is 7.87. The van der Waals surface area contributed by atoms with Crippen LogP contribution < -0.4 is 10.5 Å². The van der Waals surface area contributed by atoms with E-state index in [1.54, 1.807) is 7.05 Å². The summed E-state index contributed by atoms with van der Waals surface area (Å²) in [6.45, 7) is 2.50. The second-order valence-electron chi connectivity index (χ2n) is 3.87. The van der Waals surface area contributed by atoms with Crippen LogP contribution in [0.3, 0.4) is 0 Å². The van der Waals surface area contributed by atoms with Crippen molar-refractivity contribution in [3.63, 3.8) is 0 Å². The Morgan fingerprint density at radius 2 is 2.00 bits per heavy atom. The van der Waals surface area contributed by atoms with Crippen molar-refractivity contribution in [2.24, 2.45) is 5.73 Å². The zero-order chi connectivity index (χ0) is 10.8. The van der Waals surface area contributed by atoms with E-state index < -0.39 is 10.2 Å². The predicted molar refractivity (Wildman–Crippen MR) is 63.2 cm³/mol. The van der Waals surface area contributed by atoms with Crippen molar-refractivity contribution in [3.05, 3.63) is 0 Å². The summed E-state index contributed by atoms with van der Waals surface area (Å²) in [5.74, 6) is 0. The van der Waals surface area contributed by atoms with Crippen LogP contribution in [0.25, 0.3) is 0 Å². The van der Waals surface area contributed by atoms with Crippen LogP contribution in [-0.2, 0) is 10.2 Å².